The number of aliphatic hydroxyl groups is 1. The fourth-order valence-electron chi connectivity index (χ4n) is 3.35. The Morgan fingerprint density at radius 3 is 2.78 bits per heavy atom. The number of aliphatic imine (C=N–C) groups is 1. The molecule has 1 aliphatic heterocycles. The molecule has 0 saturated carbocycles. The van der Waals surface area contributed by atoms with Crippen LogP contribution in [-0.2, 0) is 4.79 Å². The summed E-state index contributed by atoms with van der Waals surface area (Å²) in [5.41, 5.74) is 2.09. The van der Waals surface area contributed by atoms with Gasteiger partial charge in [0.05, 0.1) is 24.5 Å². The van der Waals surface area contributed by atoms with Crippen LogP contribution in [-0.4, -0.2) is 29.8 Å². The standard InChI is InChI=1S/C21H25NO4S/c1-3-25-14-8-9-15(19(12-14)26-4-2)20-13-16(22-10-11-27-20)21-17(23)6-5-7-18(21)24/h8-12,20,23H,3-7,13H2,1-2H3. The van der Waals surface area contributed by atoms with Gasteiger partial charge >= 0.3 is 0 Å². The van der Waals surface area contributed by atoms with Crippen LogP contribution in [0.1, 0.15) is 50.3 Å². The van der Waals surface area contributed by atoms with Crippen molar-refractivity contribution in [3.05, 3.63) is 46.7 Å². The number of ketones is 1. The lowest BCUT2D eigenvalue weighted by atomic mass is 9.90. The number of carbonyl (C=O) groups excluding carboxylic acids is 1. The van der Waals surface area contributed by atoms with Gasteiger partial charge in [0.2, 0.25) is 0 Å². The van der Waals surface area contributed by atoms with E-state index in [1.54, 1.807) is 18.0 Å². The number of carbonyl (C=O) groups is 1. The lowest BCUT2D eigenvalue weighted by Gasteiger charge is -2.21. The highest BCUT2D eigenvalue weighted by Gasteiger charge is 2.29. The second-order valence-electron chi connectivity index (χ2n) is 6.35. The molecule has 0 aromatic heterocycles. The molecule has 1 aromatic rings. The molecule has 1 unspecified atom stereocenters. The van der Waals surface area contributed by atoms with Crippen molar-refractivity contribution in [2.75, 3.05) is 13.2 Å². The van der Waals surface area contributed by atoms with Gasteiger partial charge in [-0.2, -0.15) is 0 Å². The lowest BCUT2D eigenvalue weighted by Crippen LogP contribution is -2.20. The third kappa shape index (κ3) is 4.56. The summed E-state index contributed by atoms with van der Waals surface area (Å²) in [6.45, 7) is 5.05. The Labute approximate surface area is 164 Å². The van der Waals surface area contributed by atoms with Gasteiger partial charge in [-0.05, 0) is 31.7 Å². The van der Waals surface area contributed by atoms with Gasteiger partial charge < -0.3 is 14.6 Å². The maximum absolute atomic E-state index is 12.4. The zero-order chi connectivity index (χ0) is 19.2. The Morgan fingerprint density at radius 2 is 2.04 bits per heavy atom. The molecule has 0 fully saturated rings. The molecule has 1 N–H and O–H groups in total. The fourth-order valence-corrected chi connectivity index (χ4v) is 4.27. The SMILES string of the molecule is CCOc1ccc(C2CC(C3=C(O)CCCC3=O)=NC=CS2)c(OCC)c1. The van der Waals surface area contributed by atoms with Gasteiger partial charge in [0.15, 0.2) is 5.78 Å². The summed E-state index contributed by atoms with van der Waals surface area (Å²) in [5, 5.41) is 12.2. The van der Waals surface area contributed by atoms with Crippen molar-refractivity contribution in [3.63, 3.8) is 0 Å². The second kappa shape index (κ2) is 9.13. The Kier molecular flexibility index (Phi) is 6.61. The molecular formula is C21H25NO4S. The summed E-state index contributed by atoms with van der Waals surface area (Å²) in [7, 11) is 0. The molecule has 1 atom stereocenters. The summed E-state index contributed by atoms with van der Waals surface area (Å²) in [6.07, 6.45) is 3.96. The summed E-state index contributed by atoms with van der Waals surface area (Å²) < 4.78 is 11.4. The van der Waals surface area contributed by atoms with Crippen LogP contribution in [0.3, 0.4) is 0 Å². The highest BCUT2D eigenvalue weighted by atomic mass is 32.2. The Bertz CT molecular complexity index is 797. The molecule has 144 valence electrons. The van der Waals surface area contributed by atoms with E-state index in [-0.39, 0.29) is 16.8 Å². The van der Waals surface area contributed by atoms with Crippen molar-refractivity contribution in [3.8, 4) is 11.5 Å². The third-order valence-electron chi connectivity index (χ3n) is 4.53. The predicted molar refractivity (Wildman–Crippen MR) is 109 cm³/mol. The smallest absolute Gasteiger partial charge is 0.168 e. The highest BCUT2D eigenvalue weighted by Crippen LogP contribution is 2.42. The summed E-state index contributed by atoms with van der Waals surface area (Å²) in [6, 6.07) is 5.87. The molecular weight excluding hydrogens is 362 g/mol. The van der Waals surface area contributed by atoms with Crippen LogP contribution in [0.4, 0.5) is 0 Å². The molecule has 0 radical (unpaired) electrons. The topological polar surface area (TPSA) is 68.1 Å². The van der Waals surface area contributed by atoms with Crippen LogP contribution in [0.5, 0.6) is 11.5 Å². The minimum atomic E-state index is -0.0201. The molecule has 2 aliphatic rings. The van der Waals surface area contributed by atoms with Crippen molar-refractivity contribution >= 4 is 23.3 Å². The molecule has 5 nitrogen and oxygen atoms in total. The van der Waals surface area contributed by atoms with Crippen molar-refractivity contribution in [2.45, 2.75) is 44.8 Å². The number of ether oxygens (including phenoxy) is 2. The van der Waals surface area contributed by atoms with Crippen LogP contribution in [0.2, 0.25) is 0 Å². The highest BCUT2D eigenvalue weighted by molar-refractivity contribution is 8.02. The largest absolute Gasteiger partial charge is 0.511 e. The van der Waals surface area contributed by atoms with Crippen LogP contribution in [0.25, 0.3) is 0 Å². The Hall–Kier alpha value is -2.21. The molecule has 1 aromatic carbocycles. The van der Waals surface area contributed by atoms with E-state index in [9.17, 15) is 9.90 Å². The van der Waals surface area contributed by atoms with Gasteiger partial charge in [-0.15, -0.1) is 11.8 Å². The van der Waals surface area contributed by atoms with Crippen LogP contribution < -0.4 is 9.47 Å². The third-order valence-corrected chi connectivity index (χ3v) is 5.56. The van der Waals surface area contributed by atoms with Gasteiger partial charge in [0, 0.05) is 42.3 Å². The van der Waals surface area contributed by atoms with Crippen molar-refractivity contribution in [1.82, 2.24) is 0 Å². The minimum absolute atomic E-state index is 0.0201. The predicted octanol–water partition coefficient (Wildman–Crippen LogP) is 5.14. The monoisotopic (exact) mass is 387 g/mol. The molecule has 6 heteroatoms. The average molecular weight is 388 g/mol. The molecule has 1 aliphatic carbocycles. The minimum Gasteiger partial charge on any atom is -0.511 e. The number of Topliss-reactive ketones (excluding diaryl/α,β-unsaturated/α-hetero) is 1. The molecule has 3 rings (SSSR count). The molecule has 1 heterocycles. The van der Waals surface area contributed by atoms with E-state index < -0.39 is 0 Å². The number of benzene rings is 1. The van der Waals surface area contributed by atoms with Crippen molar-refractivity contribution in [1.29, 1.82) is 0 Å². The Morgan fingerprint density at radius 1 is 1.22 bits per heavy atom. The van der Waals surface area contributed by atoms with E-state index in [2.05, 4.69) is 4.99 Å². The quantitative estimate of drug-likeness (QED) is 0.732. The zero-order valence-electron chi connectivity index (χ0n) is 15.7. The van der Waals surface area contributed by atoms with E-state index in [0.717, 1.165) is 17.1 Å². The first-order valence-electron chi connectivity index (χ1n) is 9.36. The first kappa shape index (κ1) is 19.5. The number of allylic oxidation sites excluding steroid dienone is 2. The van der Waals surface area contributed by atoms with Crippen molar-refractivity contribution < 1.29 is 19.4 Å². The molecule has 0 spiro atoms. The number of nitrogens with zero attached hydrogens (tertiary/aromatic N) is 1. The maximum Gasteiger partial charge on any atom is 0.168 e. The second-order valence-corrected chi connectivity index (χ2v) is 7.47. The fraction of sp³-hybridized carbons (Fsp3) is 0.429. The molecule has 0 saturated heterocycles. The number of aliphatic hydroxyl groups excluding tert-OH is 1. The number of rotatable bonds is 6. The number of thioether (sulfide) groups is 1. The van der Waals surface area contributed by atoms with Gasteiger partial charge in [-0.3, -0.25) is 9.79 Å². The average Bonchev–Trinajstić information content (AvgIpc) is 2.89. The van der Waals surface area contributed by atoms with E-state index in [1.165, 1.54) is 0 Å². The van der Waals surface area contributed by atoms with Gasteiger partial charge in [-0.25, -0.2) is 0 Å². The molecule has 0 amide bonds. The first-order chi connectivity index (χ1) is 13.1. The normalized spacial score (nSPS) is 20.3. The number of hydrogen-bond donors (Lipinski definition) is 1. The first-order valence-corrected chi connectivity index (χ1v) is 10.3. The molecule has 0 bridgehead atoms. The van der Waals surface area contributed by atoms with E-state index >= 15 is 0 Å². The van der Waals surface area contributed by atoms with Crippen LogP contribution >= 0.6 is 11.8 Å². The zero-order valence-corrected chi connectivity index (χ0v) is 16.6. The van der Waals surface area contributed by atoms with Crippen molar-refractivity contribution in [2.24, 2.45) is 4.99 Å². The lowest BCUT2D eigenvalue weighted by molar-refractivity contribution is -0.115. The molecule has 27 heavy (non-hydrogen) atoms. The van der Waals surface area contributed by atoms with Gasteiger partial charge in [0.25, 0.3) is 0 Å². The van der Waals surface area contributed by atoms with E-state index in [1.807, 2.05) is 37.5 Å². The summed E-state index contributed by atoms with van der Waals surface area (Å²) in [5.74, 6) is 1.70. The maximum atomic E-state index is 12.4. The van der Waals surface area contributed by atoms with E-state index in [4.69, 9.17) is 9.47 Å². The van der Waals surface area contributed by atoms with Crippen LogP contribution in [0.15, 0.2) is 46.1 Å². The van der Waals surface area contributed by atoms with Gasteiger partial charge in [0.1, 0.15) is 17.3 Å². The number of hydrogen-bond acceptors (Lipinski definition) is 6. The van der Waals surface area contributed by atoms with Gasteiger partial charge in [-0.1, -0.05) is 6.07 Å². The summed E-state index contributed by atoms with van der Waals surface area (Å²) >= 11 is 1.64. The van der Waals surface area contributed by atoms with E-state index in [0.29, 0.717) is 50.2 Å². The van der Waals surface area contributed by atoms with Crippen LogP contribution in [0, 0.1) is 0 Å². The Balaban J connectivity index is 1.92. The summed E-state index contributed by atoms with van der Waals surface area (Å²) in [4.78, 5) is 16.8.